The first-order valence-electron chi connectivity index (χ1n) is 10.7. The SMILES string of the molecule is C=CC[C@@]1(C)C[C@H](c2cccc(Cl)c2)[C@@H](c2ccc(Cl)cc2)N(C(CC)CC=O)C1=O. The minimum atomic E-state index is -0.603. The smallest absolute Gasteiger partial charge is 0.229 e. The molecule has 0 aliphatic carbocycles. The predicted molar refractivity (Wildman–Crippen MR) is 128 cm³/mol. The fourth-order valence-corrected chi connectivity index (χ4v) is 5.20. The Balaban J connectivity index is 2.23. The first-order valence-corrected chi connectivity index (χ1v) is 11.5. The summed E-state index contributed by atoms with van der Waals surface area (Å²) in [6.07, 6.45) is 4.96. The fourth-order valence-electron chi connectivity index (χ4n) is 4.88. The molecule has 2 aromatic carbocycles. The van der Waals surface area contributed by atoms with Crippen LogP contribution in [0.25, 0.3) is 0 Å². The van der Waals surface area contributed by atoms with Crippen molar-refractivity contribution >= 4 is 35.4 Å². The van der Waals surface area contributed by atoms with Crippen molar-refractivity contribution in [3.05, 3.63) is 82.4 Å². The quantitative estimate of drug-likeness (QED) is 0.316. The molecule has 3 rings (SSSR count). The Morgan fingerprint density at radius 2 is 1.87 bits per heavy atom. The van der Waals surface area contributed by atoms with E-state index in [1.165, 1.54) is 0 Å². The number of carbonyl (C=O) groups is 2. The molecule has 1 unspecified atom stereocenters. The van der Waals surface area contributed by atoms with Gasteiger partial charge in [0.05, 0.1) is 11.5 Å². The Kier molecular flexibility index (Phi) is 7.61. The number of carbonyl (C=O) groups excluding carboxylic acids is 2. The highest BCUT2D eigenvalue weighted by atomic mass is 35.5. The van der Waals surface area contributed by atoms with Gasteiger partial charge in [-0.05, 0) is 54.7 Å². The highest BCUT2D eigenvalue weighted by molar-refractivity contribution is 6.30. The topological polar surface area (TPSA) is 37.4 Å². The predicted octanol–water partition coefficient (Wildman–Crippen LogP) is 7.00. The monoisotopic (exact) mass is 457 g/mol. The summed E-state index contributed by atoms with van der Waals surface area (Å²) in [4.78, 5) is 27.4. The van der Waals surface area contributed by atoms with Gasteiger partial charge in [0.1, 0.15) is 6.29 Å². The summed E-state index contributed by atoms with van der Waals surface area (Å²) in [6.45, 7) is 7.93. The molecule has 3 nitrogen and oxygen atoms in total. The number of hydrogen-bond acceptors (Lipinski definition) is 2. The van der Waals surface area contributed by atoms with Crippen LogP contribution >= 0.6 is 23.2 Å². The number of piperidine rings is 1. The molecule has 0 aromatic heterocycles. The first kappa shape index (κ1) is 23.6. The molecule has 2 aromatic rings. The van der Waals surface area contributed by atoms with Gasteiger partial charge in [-0.3, -0.25) is 4.79 Å². The Morgan fingerprint density at radius 1 is 1.16 bits per heavy atom. The third-order valence-corrected chi connectivity index (χ3v) is 6.91. The number of benzene rings is 2. The Hall–Kier alpha value is -2.10. The van der Waals surface area contributed by atoms with Crippen molar-refractivity contribution < 1.29 is 9.59 Å². The van der Waals surface area contributed by atoms with E-state index in [4.69, 9.17) is 23.2 Å². The summed E-state index contributed by atoms with van der Waals surface area (Å²) in [5, 5.41) is 1.31. The van der Waals surface area contributed by atoms with Gasteiger partial charge in [-0.15, -0.1) is 6.58 Å². The van der Waals surface area contributed by atoms with Crippen LogP contribution in [-0.4, -0.2) is 23.1 Å². The third-order valence-electron chi connectivity index (χ3n) is 6.42. The number of aldehydes is 1. The molecule has 0 radical (unpaired) electrons. The molecule has 1 aliphatic heterocycles. The van der Waals surface area contributed by atoms with Crippen molar-refractivity contribution in [2.75, 3.05) is 0 Å². The van der Waals surface area contributed by atoms with E-state index in [0.717, 1.165) is 17.4 Å². The van der Waals surface area contributed by atoms with Crippen LogP contribution in [0.4, 0.5) is 0 Å². The van der Waals surface area contributed by atoms with Crippen LogP contribution in [0.3, 0.4) is 0 Å². The number of rotatable bonds is 8. The molecule has 0 N–H and O–H groups in total. The van der Waals surface area contributed by atoms with Crippen molar-refractivity contribution in [1.29, 1.82) is 0 Å². The molecule has 4 atom stereocenters. The molecule has 0 saturated carbocycles. The Labute approximate surface area is 195 Å². The van der Waals surface area contributed by atoms with Crippen molar-refractivity contribution in [1.82, 2.24) is 4.90 Å². The van der Waals surface area contributed by atoms with E-state index in [1.807, 2.05) is 67.3 Å². The number of hydrogen-bond donors (Lipinski definition) is 0. The average Bonchev–Trinajstić information content (AvgIpc) is 2.75. The second kappa shape index (κ2) is 10.0. The normalized spacial score (nSPS) is 24.6. The van der Waals surface area contributed by atoms with Gasteiger partial charge in [-0.1, -0.05) is 67.4 Å². The van der Waals surface area contributed by atoms with E-state index in [0.29, 0.717) is 35.7 Å². The van der Waals surface area contributed by atoms with Crippen LogP contribution in [0.15, 0.2) is 61.2 Å². The zero-order valence-electron chi connectivity index (χ0n) is 18.1. The van der Waals surface area contributed by atoms with E-state index >= 15 is 0 Å². The van der Waals surface area contributed by atoms with Crippen molar-refractivity contribution in [3.63, 3.8) is 0 Å². The van der Waals surface area contributed by atoms with Gasteiger partial charge in [0.15, 0.2) is 0 Å². The maximum absolute atomic E-state index is 13.9. The van der Waals surface area contributed by atoms with E-state index in [9.17, 15) is 9.59 Å². The molecule has 1 saturated heterocycles. The summed E-state index contributed by atoms with van der Waals surface area (Å²) >= 11 is 12.5. The van der Waals surface area contributed by atoms with Crippen LogP contribution < -0.4 is 0 Å². The summed E-state index contributed by atoms with van der Waals surface area (Å²) in [6, 6.07) is 15.1. The molecular formula is C26H29Cl2NO2. The second-order valence-electron chi connectivity index (χ2n) is 8.59. The van der Waals surface area contributed by atoms with Gasteiger partial charge in [0.2, 0.25) is 5.91 Å². The summed E-state index contributed by atoms with van der Waals surface area (Å²) in [5.41, 5.74) is 1.49. The number of halogens is 2. The third kappa shape index (κ3) is 4.88. The van der Waals surface area contributed by atoms with Gasteiger partial charge in [-0.2, -0.15) is 0 Å². The highest BCUT2D eigenvalue weighted by Crippen LogP contribution is 2.52. The first-order chi connectivity index (χ1) is 14.8. The van der Waals surface area contributed by atoms with E-state index in [2.05, 4.69) is 12.6 Å². The van der Waals surface area contributed by atoms with Crippen molar-refractivity contribution in [2.45, 2.75) is 57.5 Å². The van der Waals surface area contributed by atoms with Crippen LogP contribution in [0.5, 0.6) is 0 Å². The lowest BCUT2D eigenvalue weighted by molar-refractivity contribution is -0.154. The van der Waals surface area contributed by atoms with E-state index in [-0.39, 0.29) is 23.9 Å². The Bertz CT molecular complexity index is 943. The van der Waals surface area contributed by atoms with Gasteiger partial charge in [-0.25, -0.2) is 0 Å². The molecule has 0 spiro atoms. The maximum Gasteiger partial charge on any atom is 0.229 e. The largest absolute Gasteiger partial charge is 0.331 e. The zero-order chi connectivity index (χ0) is 22.6. The van der Waals surface area contributed by atoms with Crippen LogP contribution in [-0.2, 0) is 9.59 Å². The summed E-state index contributed by atoms with van der Waals surface area (Å²) in [7, 11) is 0. The number of amides is 1. The molecule has 31 heavy (non-hydrogen) atoms. The van der Waals surface area contributed by atoms with Gasteiger partial charge < -0.3 is 9.69 Å². The van der Waals surface area contributed by atoms with Crippen molar-refractivity contribution in [2.24, 2.45) is 5.41 Å². The van der Waals surface area contributed by atoms with Gasteiger partial charge in [0, 0.05) is 28.4 Å². The zero-order valence-corrected chi connectivity index (χ0v) is 19.6. The van der Waals surface area contributed by atoms with Crippen LogP contribution in [0, 0.1) is 5.41 Å². The number of nitrogens with zero attached hydrogens (tertiary/aromatic N) is 1. The average molecular weight is 458 g/mol. The summed E-state index contributed by atoms with van der Waals surface area (Å²) < 4.78 is 0. The van der Waals surface area contributed by atoms with Crippen molar-refractivity contribution in [3.8, 4) is 0 Å². The molecular weight excluding hydrogens is 429 g/mol. The number of allylic oxidation sites excluding steroid dienone is 1. The minimum Gasteiger partial charge on any atom is -0.331 e. The molecule has 164 valence electrons. The Morgan fingerprint density at radius 3 is 2.45 bits per heavy atom. The molecule has 1 amide bonds. The van der Waals surface area contributed by atoms with Crippen LogP contribution in [0.1, 0.15) is 62.6 Å². The molecule has 1 heterocycles. The molecule has 0 bridgehead atoms. The molecule has 5 heteroatoms. The maximum atomic E-state index is 13.9. The lowest BCUT2D eigenvalue weighted by atomic mass is 9.67. The summed E-state index contributed by atoms with van der Waals surface area (Å²) in [5.74, 6) is 0.0857. The van der Waals surface area contributed by atoms with Gasteiger partial charge in [0.25, 0.3) is 0 Å². The minimum absolute atomic E-state index is 0.0169. The molecule has 1 aliphatic rings. The fraction of sp³-hybridized carbons (Fsp3) is 0.385. The standard InChI is InChI=1S/C26H29Cl2NO2/c1-4-14-26(3)17-23(19-7-6-8-21(28)16-19)24(18-9-11-20(27)12-10-18)29(25(26)31)22(5-2)13-15-30/h4,6-12,15-16,22-24H,1,5,13-14,17H2,2-3H3/t22?,23-,24-,26+/m1/s1. The van der Waals surface area contributed by atoms with Crippen LogP contribution in [0.2, 0.25) is 10.0 Å². The second-order valence-corrected chi connectivity index (χ2v) is 9.47. The van der Waals surface area contributed by atoms with Gasteiger partial charge >= 0.3 is 0 Å². The molecule has 1 fully saturated rings. The number of likely N-dealkylation sites (tertiary alicyclic amines) is 1. The highest BCUT2D eigenvalue weighted by Gasteiger charge is 2.50. The van der Waals surface area contributed by atoms with E-state index in [1.54, 1.807) is 0 Å². The van der Waals surface area contributed by atoms with E-state index < -0.39 is 5.41 Å². The lowest BCUT2D eigenvalue weighted by Gasteiger charge is -2.52. The lowest BCUT2D eigenvalue weighted by Crippen LogP contribution is -2.55.